The zero-order valence-corrected chi connectivity index (χ0v) is 10.6. The molecule has 0 aromatic carbocycles. The highest BCUT2D eigenvalue weighted by molar-refractivity contribution is 6.17. The third kappa shape index (κ3) is 4.66. The van der Waals surface area contributed by atoms with E-state index in [0.717, 1.165) is 0 Å². The van der Waals surface area contributed by atoms with Crippen molar-refractivity contribution in [2.24, 2.45) is 0 Å². The van der Waals surface area contributed by atoms with Crippen LogP contribution in [-0.4, -0.2) is 22.4 Å². The van der Waals surface area contributed by atoms with Crippen molar-refractivity contribution in [3.05, 3.63) is 22.9 Å². The van der Waals surface area contributed by atoms with Crippen molar-refractivity contribution in [2.75, 3.05) is 0 Å². The number of rotatable bonds is 4. The molecule has 0 bridgehead atoms. The minimum atomic E-state index is -5.26. The molecule has 0 unspecified atom stereocenters. The number of ether oxygens (including phenoxy) is 1. The topological polar surface area (TPSA) is 59.4 Å². The van der Waals surface area contributed by atoms with Crippen molar-refractivity contribution in [1.82, 2.24) is 4.98 Å². The second-order valence-corrected chi connectivity index (χ2v) is 3.96. The maximum Gasteiger partial charge on any atom is 0.574 e. The van der Waals surface area contributed by atoms with Gasteiger partial charge in [-0.15, -0.1) is 24.8 Å². The molecule has 118 valence electrons. The van der Waals surface area contributed by atoms with Crippen LogP contribution >= 0.6 is 11.6 Å². The second-order valence-electron chi connectivity index (χ2n) is 3.69. The molecule has 1 aromatic rings. The largest absolute Gasteiger partial charge is 0.574 e. The predicted molar refractivity (Wildman–Crippen MR) is 56.8 cm³/mol. The fraction of sp³-hybridized carbons (Fsp3) is 0.400. The van der Waals surface area contributed by atoms with Gasteiger partial charge in [0, 0.05) is 11.8 Å². The third-order valence-electron chi connectivity index (χ3n) is 2.19. The predicted octanol–water partition coefficient (Wildman–Crippen LogP) is 3.36. The van der Waals surface area contributed by atoms with Gasteiger partial charge in [-0.25, -0.2) is 4.98 Å². The van der Waals surface area contributed by atoms with Gasteiger partial charge in [0.1, 0.15) is 0 Å². The summed E-state index contributed by atoms with van der Waals surface area (Å²) in [6, 6.07) is 0. The quantitative estimate of drug-likeness (QED) is 0.676. The molecule has 0 saturated carbocycles. The number of carboxylic acids is 1. The summed E-state index contributed by atoms with van der Waals surface area (Å²) in [4.78, 5) is 13.6. The summed E-state index contributed by atoms with van der Waals surface area (Å²) >= 11 is 5.25. The molecule has 0 saturated heterocycles. The van der Waals surface area contributed by atoms with E-state index in [2.05, 4.69) is 9.72 Å². The number of aromatic nitrogens is 1. The van der Waals surface area contributed by atoms with Crippen molar-refractivity contribution in [3.8, 4) is 5.88 Å². The lowest BCUT2D eigenvalue weighted by atomic mass is 10.0. The smallest absolute Gasteiger partial charge is 0.481 e. The Kier molecular flexibility index (Phi) is 4.92. The first-order chi connectivity index (χ1) is 9.45. The van der Waals surface area contributed by atoms with E-state index in [0.29, 0.717) is 6.20 Å². The summed E-state index contributed by atoms with van der Waals surface area (Å²) < 4.78 is 78.6. The Morgan fingerprint density at radius 1 is 1.29 bits per heavy atom. The minimum Gasteiger partial charge on any atom is -0.481 e. The van der Waals surface area contributed by atoms with Gasteiger partial charge in [0.25, 0.3) is 0 Å². The zero-order chi connectivity index (χ0) is 16.4. The number of pyridine rings is 1. The second kappa shape index (κ2) is 5.96. The Morgan fingerprint density at radius 2 is 1.86 bits per heavy atom. The van der Waals surface area contributed by atoms with E-state index in [1.807, 2.05) is 0 Å². The van der Waals surface area contributed by atoms with E-state index in [1.54, 1.807) is 0 Å². The highest BCUT2D eigenvalue weighted by Gasteiger charge is 2.40. The highest BCUT2D eigenvalue weighted by Crippen LogP contribution is 2.39. The van der Waals surface area contributed by atoms with Gasteiger partial charge in [-0.2, -0.15) is 13.2 Å². The van der Waals surface area contributed by atoms with Crippen molar-refractivity contribution in [2.45, 2.75) is 24.8 Å². The number of hydrogen-bond donors (Lipinski definition) is 1. The van der Waals surface area contributed by atoms with Crippen LogP contribution in [0.3, 0.4) is 0 Å². The first kappa shape index (κ1) is 17.3. The van der Waals surface area contributed by atoms with Crippen LogP contribution in [0.5, 0.6) is 5.88 Å². The number of aliphatic carboxylic acids is 1. The summed E-state index contributed by atoms with van der Waals surface area (Å²) in [6.45, 7) is 0. The van der Waals surface area contributed by atoms with Crippen LogP contribution in [0.1, 0.15) is 16.7 Å². The Balaban J connectivity index is 3.50. The van der Waals surface area contributed by atoms with Gasteiger partial charge in [-0.3, -0.25) is 4.79 Å². The van der Waals surface area contributed by atoms with Crippen LogP contribution in [0, 0.1) is 0 Å². The fourth-order valence-corrected chi connectivity index (χ4v) is 1.80. The maximum atomic E-state index is 12.9. The lowest BCUT2D eigenvalue weighted by Crippen LogP contribution is -2.22. The highest BCUT2D eigenvalue weighted by atomic mass is 35.5. The van der Waals surface area contributed by atoms with E-state index in [-0.39, 0.29) is 0 Å². The lowest BCUT2D eigenvalue weighted by molar-refractivity contribution is -0.276. The number of alkyl halides is 7. The fourth-order valence-electron chi connectivity index (χ4n) is 1.55. The lowest BCUT2D eigenvalue weighted by Gasteiger charge is -2.18. The summed E-state index contributed by atoms with van der Waals surface area (Å²) in [7, 11) is 0. The first-order valence-corrected chi connectivity index (χ1v) is 5.60. The zero-order valence-electron chi connectivity index (χ0n) is 9.85. The molecule has 0 radical (unpaired) electrons. The molecule has 0 aliphatic heterocycles. The molecule has 1 heterocycles. The van der Waals surface area contributed by atoms with E-state index in [1.165, 1.54) is 0 Å². The van der Waals surface area contributed by atoms with Crippen LogP contribution in [0.4, 0.5) is 26.3 Å². The summed E-state index contributed by atoms with van der Waals surface area (Å²) in [5.74, 6) is -3.95. The van der Waals surface area contributed by atoms with Crippen molar-refractivity contribution in [3.63, 3.8) is 0 Å². The Labute approximate surface area is 118 Å². The Hall–Kier alpha value is -1.71. The van der Waals surface area contributed by atoms with Gasteiger partial charge >= 0.3 is 18.5 Å². The number of hydrogen-bond acceptors (Lipinski definition) is 3. The number of halogens is 7. The summed E-state index contributed by atoms with van der Waals surface area (Å²) in [6.07, 6.45) is -11.1. The van der Waals surface area contributed by atoms with Crippen LogP contribution in [0.25, 0.3) is 0 Å². The van der Waals surface area contributed by atoms with E-state index >= 15 is 0 Å². The molecule has 1 aromatic heterocycles. The van der Waals surface area contributed by atoms with Gasteiger partial charge in [0.05, 0.1) is 17.9 Å². The Bertz CT molecular complexity index is 543. The summed E-state index contributed by atoms with van der Waals surface area (Å²) in [5, 5.41) is 8.54. The normalized spacial score (nSPS) is 12.3. The molecule has 4 nitrogen and oxygen atoms in total. The van der Waals surface area contributed by atoms with Gasteiger partial charge in [-0.05, 0) is 5.56 Å². The van der Waals surface area contributed by atoms with Crippen LogP contribution in [-0.2, 0) is 23.3 Å². The first-order valence-electron chi connectivity index (χ1n) is 5.07. The van der Waals surface area contributed by atoms with Crippen LogP contribution in [0.2, 0.25) is 0 Å². The molecule has 0 spiro atoms. The Morgan fingerprint density at radius 3 is 2.24 bits per heavy atom. The van der Waals surface area contributed by atoms with Crippen molar-refractivity contribution in [1.29, 1.82) is 0 Å². The summed E-state index contributed by atoms with van der Waals surface area (Å²) in [5.41, 5.74) is -3.46. The minimum absolute atomic E-state index is 0.369. The van der Waals surface area contributed by atoms with Gasteiger partial charge < -0.3 is 9.84 Å². The standard InChI is InChI=1S/C10H6ClF6NO3/c11-2-5-7(9(12,13)14)4(1-6(19)20)3-18-8(5)21-10(15,16)17/h3H,1-2H2,(H,19,20). The molecular formula is C10H6ClF6NO3. The molecular weight excluding hydrogens is 332 g/mol. The molecule has 0 amide bonds. The third-order valence-corrected chi connectivity index (χ3v) is 2.46. The number of carboxylic acid groups (broad SMARTS) is 1. The molecule has 0 aliphatic rings. The van der Waals surface area contributed by atoms with Gasteiger partial charge in [0.2, 0.25) is 5.88 Å². The van der Waals surface area contributed by atoms with E-state index < -0.39 is 53.4 Å². The molecule has 0 atom stereocenters. The number of carbonyl (C=O) groups is 1. The molecule has 1 rings (SSSR count). The average Bonchev–Trinajstić information content (AvgIpc) is 2.26. The van der Waals surface area contributed by atoms with E-state index in [9.17, 15) is 31.1 Å². The molecule has 0 fully saturated rings. The molecule has 11 heteroatoms. The number of nitrogens with zero attached hydrogens (tertiary/aromatic N) is 1. The van der Waals surface area contributed by atoms with Crippen LogP contribution < -0.4 is 4.74 Å². The SMILES string of the molecule is O=C(O)Cc1cnc(OC(F)(F)F)c(CCl)c1C(F)(F)F. The monoisotopic (exact) mass is 337 g/mol. The molecule has 1 N–H and O–H groups in total. The van der Waals surface area contributed by atoms with Gasteiger partial charge in [0.15, 0.2) is 0 Å². The molecule has 0 aliphatic carbocycles. The van der Waals surface area contributed by atoms with Gasteiger partial charge in [-0.1, -0.05) is 0 Å². The van der Waals surface area contributed by atoms with E-state index in [4.69, 9.17) is 16.7 Å². The van der Waals surface area contributed by atoms with Crippen molar-refractivity contribution >= 4 is 17.6 Å². The average molecular weight is 338 g/mol. The maximum absolute atomic E-state index is 12.9. The van der Waals surface area contributed by atoms with Crippen LogP contribution in [0.15, 0.2) is 6.20 Å². The van der Waals surface area contributed by atoms with Crippen molar-refractivity contribution < 1.29 is 41.0 Å². The molecule has 21 heavy (non-hydrogen) atoms.